The van der Waals surface area contributed by atoms with Gasteiger partial charge in [0.05, 0.1) is 11.8 Å². The van der Waals surface area contributed by atoms with Crippen molar-refractivity contribution in [2.24, 2.45) is 11.8 Å². The zero-order chi connectivity index (χ0) is 11.4. The SMILES string of the molecule is Cc1cc(C2C3CC(O)CC32)n(C(C)C)n1. The molecule has 1 aromatic heterocycles. The number of hydrogen-bond acceptors (Lipinski definition) is 2. The Balaban J connectivity index is 1.86. The van der Waals surface area contributed by atoms with Gasteiger partial charge in [-0.05, 0) is 51.5 Å². The van der Waals surface area contributed by atoms with Gasteiger partial charge in [0.15, 0.2) is 0 Å². The molecule has 0 bridgehead atoms. The quantitative estimate of drug-likeness (QED) is 0.830. The van der Waals surface area contributed by atoms with Crippen molar-refractivity contribution in [1.29, 1.82) is 0 Å². The molecule has 1 aromatic rings. The van der Waals surface area contributed by atoms with Crippen LogP contribution in [-0.4, -0.2) is 21.0 Å². The maximum Gasteiger partial charge on any atom is 0.0596 e. The third kappa shape index (κ3) is 1.41. The number of hydrogen-bond donors (Lipinski definition) is 1. The molecule has 2 atom stereocenters. The monoisotopic (exact) mass is 220 g/mol. The van der Waals surface area contributed by atoms with E-state index in [9.17, 15) is 5.11 Å². The molecule has 16 heavy (non-hydrogen) atoms. The summed E-state index contributed by atoms with van der Waals surface area (Å²) >= 11 is 0. The Hall–Kier alpha value is -0.830. The molecule has 0 radical (unpaired) electrons. The Morgan fingerprint density at radius 2 is 2.00 bits per heavy atom. The average molecular weight is 220 g/mol. The summed E-state index contributed by atoms with van der Waals surface area (Å²) in [6.45, 7) is 6.43. The van der Waals surface area contributed by atoms with Crippen LogP contribution in [0.15, 0.2) is 6.07 Å². The molecule has 1 N–H and O–H groups in total. The molecular formula is C13H20N2O. The summed E-state index contributed by atoms with van der Waals surface area (Å²) in [6, 6.07) is 2.67. The van der Waals surface area contributed by atoms with Crippen LogP contribution >= 0.6 is 0 Å². The predicted octanol–water partition coefficient (Wildman–Crippen LogP) is 2.26. The largest absolute Gasteiger partial charge is 0.393 e. The van der Waals surface area contributed by atoms with Crippen molar-refractivity contribution in [2.45, 2.75) is 51.7 Å². The lowest BCUT2D eigenvalue weighted by molar-refractivity contribution is 0.165. The second-order valence-electron chi connectivity index (χ2n) is 5.73. The van der Waals surface area contributed by atoms with Gasteiger partial charge in [-0.25, -0.2) is 0 Å². The van der Waals surface area contributed by atoms with Crippen molar-refractivity contribution in [3.05, 3.63) is 17.5 Å². The molecule has 2 fully saturated rings. The van der Waals surface area contributed by atoms with Gasteiger partial charge in [-0.15, -0.1) is 0 Å². The average Bonchev–Trinajstić information content (AvgIpc) is 2.60. The highest BCUT2D eigenvalue weighted by atomic mass is 16.3. The Morgan fingerprint density at radius 3 is 2.56 bits per heavy atom. The number of fused-ring (bicyclic) bond motifs is 1. The fourth-order valence-electron chi connectivity index (χ4n) is 3.45. The van der Waals surface area contributed by atoms with Gasteiger partial charge in [0.2, 0.25) is 0 Å². The van der Waals surface area contributed by atoms with E-state index in [1.807, 2.05) is 0 Å². The molecule has 2 unspecified atom stereocenters. The van der Waals surface area contributed by atoms with Crippen LogP contribution in [0, 0.1) is 18.8 Å². The lowest BCUT2D eigenvalue weighted by atomic mass is 10.1. The van der Waals surface area contributed by atoms with E-state index in [0.717, 1.165) is 30.4 Å². The van der Waals surface area contributed by atoms with Crippen LogP contribution in [0.4, 0.5) is 0 Å². The fourth-order valence-corrected chi connectivity index (χ4v) is 3.45. The first-order valence-corrected chi connectivity index (χ1v) is 6.32. The van der Waals surface area contributed by atoms with E-state index in [4.69, 9.17) is 0 Å². The van der Waals surface area contributed by atoms with Crippen molar-refractivity contribution in [2.75, 3.05) is 0 Å². The Labute approximate surface area is 96.5 Å². The van der Waals surface area contributed by atoms with Gasteiger partial charge in [0.1, 0.15) is 0 Å². The maximum atomic E-state index is 9.56. The van der Waals surface area contributed by atoms with Gasteiger partial charge in [0.25, 0.3) is 0 Å². The van der Waals surface area contributed by atoms with Crippen LogP contribution < -0.4 is 0 Å². The van der Waals surface area contributed by atoms with E-state index in [2.05, 4.69) is 36.6 Å². The number of aromatic nitrogens is 2. The molecule has 3 heteroatoms. The van der Waals surface area contributed by atoms with Gasteiger partial charge in [0, 0.05) is 17.7 Å². The van der Waals surface area contributed by atoms with Gasteiger partial charge >= 0.3 is 0 Å². The molecule has 0 spiro atoms. The highest BCUT2D eigenvalue weighted by Crippen LogP contribution is 2.63. The van der Waals surface area contributed by atoms with E-state index in [0.29, 0.717) is 12.0 Å². The molecular weight excluding hydrogens is 200 g/mol. The number of aryl methyl sites for hydroxylation is 1. The van der Waals surface area contributed by atoms with Crippen molar-refractivity contribution in [3.8, 4) is 0 Å². The van der Waals surface area contributed by atoms with Gasteiger partial charge in [-0.1, -0.05) is 0 Å². The third-order valence-electron chi connectivity index (χ3n) is 4.14. The smallest absolute Gasteiger partial charge is 0.0596 e. The molecule has 0 amide bonds. The van der Waals surface area contributed by atoms with Crippen LogP contribution in [0.25, 0.3) is 0 Å². The first-order valence-electron chi connectivity index (χ1n) is 6.32. The van der Waals surface area contributed by atoms with Crippen molar-refractivity contribution in [3.63, 3.8) is 0 Å². The van der Waals surface area contributed by atoms with Crippen LogP contribution in [0.5, 0.6) is 0 Å². The molecule has 0 aromatic carbocycles. The normalized spacial score (nSPS) is 36.8. The summed E-state index contributed by atoms with van der Waals surface area (Å²) in [5.41, 5.74) is 2.52. The highest BCUT2D eigenvalue weighted by Gasteiger charge is 2.57. The molecule has 2 saturated carbocycles. The number of aliphatic hydroxyl groups is 1. The number of nitrogens with zero attached hydrogens (tertiary/aromatic N) is 2. The Morgan fingerprint density at radius 1 is 1.38 bits per heavy atom. The lowest BCUT2D eigenvalue weighted by Crippen LogP contribution is -2.10. The van der Waals surface area contributed by atoms with E-state index in [1.165, 1.54) is 5.69 Å². The van der Waals surface area contributed by atoms with E-state index < -0.39 is 0 Å². The second-order valence-corrected chi connectivity index (χ2v) is 5.73. The highest BCUT2D eigenvalue weighted by molar-refractivity contribution is 5.26. The van der Waals surface area contributed by atoms with Gasteiger partial charge in [-0.3, -0.25) is 4.68 Å². The summed E-state index contributed by atoms with van der Waals surface area (Å²) in [5.74, 6) is 2.12. The summed E-state index contributed by atoms with van der Waals surface area (Å²) < 4.78 is 2.17. The summed E-state index contributed by atoms with van der Waals surface area (Å²) in [6.07, 6.45) is 1.96. The number of rotatable bonds is 2. The molecule has 2 aliphatic rings. The first kappa shape index (κ1) is 10.3. The second kappa shape index (κ2) is 3.33. The van der Waals surface area contributed by atoms with Gasteiger partial charge in [-0.2, -0.15) is 5.10 Å². The van der Waals surface area contributed by atoms with E-state index in [-0.39, 0.29) is 6.10 Å². The zero-order valence-corrected chi connectivity index (χ0v) is 10.2. The van der Waals surface area contributed by atoms with Crippen molar-refractivity contribution in [1.82, 2.24) is 9.78 Å². The summed E-state index contributed by atoms with van der Waals surface area (Å²) in [5, 5.41) is 14.1. The molecule has 3 rings (SSSR count). The van der Waals surface area contributed by atoms with Crippen LogP contribution in [-0.2, 0) is 0 Å². The Bertz CT molecular complexity index is 398. The number of aliphatic hydroxyl groups excluding tert-OH is 1. The summed E-state index contributed by atoms with van der Waals surface area (Å²) in [4.78, 5) is 0. The van der Waals surface area contributed by atoms with Gasteiger partial charge < -0.3 is 5.11 Å². The summed E-state index contributed by atoms with van der Waals surface area (Å²) in [7, 11) is 0. The topological polar surface area (TPSA) is 38.0 Å². The van der Waals surface area contributed by atoms with E-state index >= 15 is 0 Å². The minimum Gasteiger partial charge on any atom is -0.393 e. The van der Waals surface area contributed by atoms with Crippen LogP contribution in [0.3, 0.4) is 0 Å². The molecule has 1 heterocycles. The third-order valence-corrected chi connectivity index (χ3v) is 4.14. The van der Waals surface area contributed by atoms with E-state index in [1.54, 1.807) is 0 Å². The minimum absolute atomic E-state index is 0.0391. The Kier molecular flexibility index (Phi) is 2.15. The fraction of sp³-hybridized carbons (Fsp3) is 0.769. The zero-order valence-electron chi connectivity index (χ0n) is 10.2. The maximum absolute atomic E-state index is 9.56. The standard InChI is InChI=1S/C13H20N2O/c1-7(2)15-12(4-8(3)14-15)13-10-5-9(16)6-11(10)13/h4,7,9-11,13,16H,5-6H2,1-3H3. The van der Waals surface area contributed by atoms with Crippen LogP contribution in [0.1, 0.15) is 50.0 Å². The predicted molar refractivity (Wildman–Crippen MR) is 62.3 cm³/mol. The van der Waals surface area contributed by atoms with Crippen molar-refractivity contribution < 1.29 is 5.11 Å². The lowest BCUT2D eigenvalue weighted by Gasteiger charge is -2.13. The molecule has 0 aliphatic heterocycles. The van der Waals surface area contributed by atoms with Crippen LogP contribution in [0.2, 0.25) is 0 Å². The molecule has 3 nitrogen and oxygen atoms in total. The molecule has 88 valence electrons. The molecule has 0 saturated heterocycles. The molecule has 2 aliphatic carbocycles. The van der Waals surface area contributed by atoms with Crippen molar-refractivity contribution >= 4 is 0 Å². The minimum atomic E-state index is -0.0391. The first-order chi connectivity index (χ1) is 7.58.